The first kappa shape index (κ1) is 20.2. The number of ether oxygens (including phenoxy) is 2. The number of unbranched alkanes of at least 4 members (excludes halogenated alkanes) is 4. The Hall–Kier alpha value is -0.160. The van der Waals surface area contributed by atoms with Gasteiger partial charge in [0, 0.05) is 13.2 Å². The maximum Gasteiger partial charge on any atom is 0.0698 e. The van der Waals surface area contributed by atoms with Gasteiger partial charge in [-0.15, -0.1) is 0 Å². The van der Waals surface area contributed by atoms with Crippen LogP contribution in [0.5, 0.6) is 0 Å². The van der Waals surface area contributed by atoms with Crippen LogP contribution >= 0.6 is 0 Å². The van der Waals surface area contributed by atoms with Gasteiger partial charge < -0.3 is 19.7 Å². The largest absolute Gasteiger partial charge is 0.394 e. The fourth-order valence-electron chi connectivity index (χ4n) is 1.29. The molecule has 0 aromatic heterocycles. The highest BCUT2D eigenvalue weighted by Gasteiger charge is 1.88. The van der Waals surface area contributed by atoms with Crippen molar-refractivity contribution >= 4 is 0 Å². The summed E-state index contributed by atoms with van der Waals surface area (Å²) in [4.78, 5) is 0. The van der Waals surface area contributed by atoms with Crippen LogP contribution in [-0.4, -0.2) is 49.9 Å². The smallest absolute Gasteiger partial charge is 0.0698 e. The first-order valence-electron chi connectivity index (χ1n) is 7.20. The Labute approximate surface area is 112 Å². The summed E-state index contributed by atoms with van der Waals surface area (Å²) in [6.07, 6.45) is 7.84. The summed E-state index contributed by atoms with van der Waals surface area (Å²) in [5.74, 6) is 0. The van der Waals surface area contributed by atoms with E-state index in [1.165, 1.54) is 32.1 Å². The summed E-state index contributed by atoms with van der Waals surface area (Å²) in [5.41, 5.74) is 0. The fourth-order valence-corrected chi connectivity index (χ4v) is 1.29. The van der Waals surface area contributed by atoms with E-state index in [1.54, 1.807) is 0 Å². The van der Waals surface area contributed by atoms with E-state index < -0.39 is 0 Å². The third-order valence-corrected chi connectivity index (χ3v) is 2.21. The molecular weight excluding hydrogens is 232 g/mol. The molecule has 0 aliphatic carbocycles. The first-order chi connectivity index (χ1) is 8.83. The normalized spacial score (nSPS) is 10.0. The van der Waals surface area contributed by atoms with Gasteiger partial charge >= 0.3 is 0 Å². The molecule has 0 aromatic rings. The van der Waals surface area contributed by atoms with E-state index in [0.29, 0.717) is 13.2 Å². The lowest BCUT2D eigenvalue weighted by Gasteiger charge is -2.01. The van der Waals surface area contributed by atoms with Crippen LogP contribution in [0.2, 0.25) is 0 Å². The molecule has 0 fully saturated rings. The first-order valence-corrected chi connectivity index (χ1v) is 7.20. The van der Waals surface area contributed by atoms with E-state index in [-0.39, 0.29) is 13.2 Å². The minimum absolute atomic E-state index is 0.0278. The molecule has 0 bridgehead atoms. The number of aliphatic hydroxyl groups is 2. The second kappa shape index (κ2) is 22.1. The zero-order chi connectivity index (χ0) is 13.9. The van der Waals surface area contributed by atoms with E-state index >= 15 is 0 Å². The number of hydrogen-bond acceptors (Lipinski definition) is 4. The van der Waals surface area contributed by atoms with Crippen molar-refractivity contribution in [1.29, 1.82) is 0 Å². The molecule has 0 amide bonds. The molecule has 0 aliphatic rings. The molecule has 0 spiro atoms. The monoisotopic (exact) mass is 264 g/mol. The Kier molecular flexibility index (Phi) is 24.7. The molecule has 0 radical (unpaired) electrons. The molecule has 18 heavy (non-hydrogen) atoms. The predicted octanol–water partition coefficient (Wildman–Crippen LogP) is 2.37. The minimum Gasteiger partial charge on any atom is -0.394 e. The van der Waals surface area contributed by atoms with Crippen LogP contribution in [0.4, 0.5) is 0 Å². The summed E-state index contributed by atoms with van der Waals surface area (Å²) < 4.78 is 9.99. The van der Waals surface area contributed by atoms with E-state index in [0.717, 1.165) is 19.6 Å². The summed E-state index contributed by atoms with van der Waals surface area (Å²) in [6.45, 7) is 7.00. The fraction of sp³-hybridized carbons (Fsp3) is 1.00. The van der Waals surface area contributed by atoms with Crippen LogP contribution in [0.3, 0.4) is 0 Å². The topological polar surface area (TPSA) is 58.9 Å². The second-order valence-electron chi connectivity index (χ2n) is 4.09. The zero-order valence-electron chi connectivity index (χ0n) is 12.2. The molecule has 2 N–H and O–H groups in total. The quantitative estimate of drug-likeness (QED) is 0.531. The van der Waals surface area contributed by atoms with E-state index in [4.69, 9.17) is 14.9 Å². The van der Waals surface area contributed by atoms with Crippen molar-refractivity contribution in [2.75, 3.05) is 39.6 Å². The van der Waals surface area contributed by atoms with Gasteiger partial charge in [0.2, 0.25) is 0 Å². The Morgan fingerprint density at radius 3 is 1.67 bits per heavy atom. The Balaban J connectivity index is 0. The average Bonchev–Trinajstić information content (AvgIpc) is 2.39. The van der Waals surface area contributed by atoms with Crippen LogP contribution < -0.4 is 0 Å². The predicted molar refractivity (Wildman–Crippen MR) is 74.9 cm³/mol. The van der Waals surface area contributed by atoms with Crippen LogP contribution in [0, 0.1) is 0 Å². The van der Waals surface area contributed by atoms with Gasteiger partial charge in [0.15, 0.2) is 0 Å². The molecule has 112 valence electrons. The molecule has 0 atom stereocenters. The third-order valence-electron chi connectivity index (χ3n) is 2.21. The van der Waals surface area contributed by atoms with Crippen LogP contribution in [0.1, 0.15) is 52.4 Å². The van der Waals surface area contributed by atoms with Crippen molar-refractivity contribution < 1.29 is 19.7 Å². The highest BCUT2D eigenvalue weighted by atomic mass is 16.5. The van der Waals surface area contributed by atoms with Gasteiger partial charge in [0.25, 0.3) is 0 Å². The van der Waals surface area contributed by atoms with Crippen LogP contribution in [0.25, 0.3) is 0 Å². The lowest BCUT2D eigenvalue weighted by molar-refractivity contribution is 0.0650. The maximum absolute atomic E-state index is 8.09. The van der Waals surface area contributed by atoms with Gasteiger partial charge in [-0.1, -0.05) is 39.5 Å². The van der Waals surface area contributed by atoms with Crippen molar-refractivity contribution in [3.63, 3.8) is 0 Å². The summed E-state index contributed by atoms with van der Waals surface area (Å²) in [6, 6.07) is 0. The van der Waals surface area contributed by atoms with Gasteiger partial charge in [0.05, 0.1) is 26.4 Å². The van der Waals surface area contributed by atoms with Gasteiger partial charge in [0.1, 0.15) is 0 Å². The third kappa shape index (κ3) is 24.9. The van der Waals surface area contributed by atoms with E-state index in [1.807, 2.05) is 0 Å². The average molecular weight is 264 g/mol. The standard InChI is InChI=1S/C10H22O.C4H10O3/c1-3-5-6-7-8-10-11-9-4-2;5-1-3-7-4-2-6/h3-10H2,1-2H3;5-6H,1-4H2. The maximum atomic E-state index is 8.09. The van der Waals surface area contributed by atoms with Crippen molar-refractivity contribution in [3.8, 4) is 0 Å². The molecule has 0 aliphatic heterocycles. The molecule has 0 saturated carbocycles. The van der Waals surface area contributed by atoms with Crippen molar-refractivity contribution in [2.24, 2.45) is 0 Å². The van der Waals surface area contributed by atoms with E-state index in [2.05, 4.69) is 18.6 Å². The molecule has 4 heteroatoms. The lowest BCUT2D eigenvalue weighted by atomic mass is 10.2. The molecular formula is C14H32O4. The number of aliphatic hydroxyl groups excluding tert-OH is 2. The van der Waals surface area contributed by atoms with Crippen molar-refractivity contribution in [2.45, 2.75) is 52.4 Å². The minimum atomic E-state index is 0.0278. The molecule has 0 heterocycles. The van der Waals surface area contributed by atoms with Crippen molar-refractivity contribution in [1.82, 2.24) is 0 Å². The molecule has 0 rings (SSSR count). The summed E-state index contributed by atoms with van der Waals surface area (Å²) in [7, 11) is 0. The van der Waals surface area contributed by atoms with Gasteiger partial charge in [-0.05, 0) is 12.8 Å². The SMILES string of the molecule is CCCCCCCOCCC.OCCOCCO. The summed E-state index contributed by atoms with van der Waals surface area (Å²) in [5, 5.41) is 16.2. The molecule has 0 aromatic carbocycles. The Morgan fingerprint density at radius 2 is 1.17 bits per heavy atom. The zero-order valence-corrected chi connectivity index (χ0v) is 12.2. The molecule has 0 saturated heterocycles. The molecule has 4 nitrogen and oxygen atoms in total. The van der Waals surface area contributed by atoms with Gasteiger partial charge in [-0.3, -0.25) is 0 Å². The van der Waals surface area contributed by atoms with Gasteiger partial charge in [-0.2, -0.15) is 0 Å². The Bertz CT molecular complexity index is 108. The van der Waals surface area contributed by atoms with Gasteiger partial charge in [-0.25, -0.2) is 0 Å². The van der Waals surface area contributed by atoms with Crippen LogP contribution in [0.15, 0.2) is 0 Å². The highest BCUT2D eigenvalue weighted by molar-refractivity contribution is 4.41. The summed E-state index contributed by atoms with van der Waals surface area (Å²) >= 11 is 0. The van der Waals surface area contributed by atoms with Crippen LogP contribution in [-0.2, 0) is 9.47 Å². The van der Waals surface area contributed by atoms with Crippen molar-refractivity contribution in [3.05, 3.63) is 0 Å². The van der Waals surface area contributed by atoms with E-state index in [9.17, 15) is 0 Å². The molecule has 0 unspecified atom stereocenters. The highest BCUT2D eigenvalue weighted by Crippen LogP contribution is 2.02. The lowest BCUT2D eigenvalue weighted by Crippen LogP contribution is -2.03. The Morgan fingerprint density at radius 1 is 0.611 bits per heavy atom. The second-order valence-corrected chi connectivity index (χ2v) is 4.09. The number of hydrogen-bond donors (Lipinski definition) is 2. The number of rotatable bonds is 12.